The van der Waals surface area contributed by atoms with Gasteiger partial charge in [-0.05, 0) is 17.7 Å². The number of rotatable bonds is 0. The average molecular weight is 282 g/mol. The SMILES string of the molecule is C[Si]1(C)Cc2[nH]ncc2-c2cc(C(F)(F)F)ccc21. The maximum atomic E-state index is 12.8. The number of fused-ring (bicyclic) bond motifs is 3. The number of aromatic nitrogens is 2. The molecule has 0 saturated carbocycles. The highest BCUT2D eigenvalue weighted by atomic mass is 28.3. The lowest BCUT2D eigenvalue weighted by Gasteiger charge is -2.30. The number of aromatic amines is 1. The molecule has 0 unspecified atom stereocenters. The predicted molar refractivity (Wildman–Crippen MR) is 69.8 cm³/mol. The Labute approximate surface area is 109 Å². The van der Waals surface area contributed by atoms with Crippen LogP contribution in [0.4, 0.5) is 13.2 Å². The number of halogens is 3. The molecule has 1 aliphatic heterocycles. The molecule has 0 aliphatic carbocycles. The molecule has 1 N–H and O–H groups in total. The fourth-order valence-electron chi connectivity index (χ4n) is 2.75. The molecule has 1 aromatic carbocycles. The van der Waals surface area contributed by atoms with Gasteiger partial charge in [-0.1, -0.05) is 30.4 Å². The lowest BCUT2D eigenvalue weighted by molar-refractivity contribution is -0.137. The van der Waals surface area contributed by atoms with Gasteiger partial charge in [-0.15, -0.1) is 0 Å². The van der Waals surface area contributed by atoms with Crippen molar-refractivity contribution in [3.63, 3.8) is 0 Å². The standard InChI is InChI=1S/C13H13F3N2Si/c1-19(2)7-11-10(6-17-18-11)9-5-8(13(14,15)16)3-4-12(9)19/h3-6H,7H2,1-2H3,(H,17,18). The van der Waals surface area contributed by atoms with Crippen molar-refractivity contribution in [3.8, 4) is 11.1 Å². The van der Waals surface area contributed by atoms with Crippen LogP contribution in [0.1, 0.15) is 11.3 Å². The molecule has 1 aliphatic rings. The van der Waals surface area contributed by atoms with Crippen LogP contribution in [0.15, 0.2) is 24.4 Å². The minimum Gasteiger partial charge on any atom is -0.282 e. The Bertz CT molecular complexity index is 644. The van der Waals surface area contributed by atoms with Crippen molar-refractivity contribution in [2.24, 2.45) is 0 Å². The monoisotopic (exact) mass is 282 g/mol. The zero-order valence-electron chi connectivity index (χ0n) is 10.6. The molecule has 0 fully saturated rings. The van der Waals surface area contributed by atoms with Crippen molar-refractivity contribution < 1.29 is 13.2 Å². The number of H-pyrrole nitrogens is 1. The summed E-state index contributed by atoms with van der Waals surface area (Å²) in [5.41, 5.74) is 1.88. The zero-order chi connectivity index (χ0) is 13.8. The van der Waals surface area contributed by atoms with E-state index in [0.29, 0.717) is 5.56 Å². The van der Waals surface area contributed by atoms with Gasteiger partial charge in [0.1, 0.15) is 0 Å². The zero-order valence-corrected chi connectivity index (χ0v) is 11.6. The van der Waals surface area contributed by atoms with Crippen molar-refractivity contribution >= 4 is 13.3 Å². The molecule has 0 atom stereocenters. The van der Waals surface area contributed by atoms with Gasteiger partial charge in [-0.2, -0.15) is 18.3 Å². The molecule has 2 heterocycles. The van der Waals surface area contributed by atoms with Gasteiger partial charge >= 0.3 is 6.18 Å². The fourth-order valence-corrected chi connectivity index (χ4v) is 5.56. The molecule has 0 saturated heterocycles. The highest BCUT2D eigenvalue weighted by Gasteiger charge is 2.37. The molecule has 0 amide bonds. The van der Waals surface area contributed by atoms with Crippen LogP contribution in [0.5, 0.6) is 0 Å². The van der Waals surface area contributed by atoms with Gasteiger partial charge in [0, 0.05) is 11.3 Å². The smallest absolute Gasteiger partial charge is 0.282 e. The number of benzene rings is 1. The van der Waals surface area contributed by atoms with Gasteiger partial charge in [0.15, 0.2) is 0 Å². The van der Waals surface area contributed by atoms with Crippen LogP contribution >= 0.6 is 0 Å². The largest absolute Gasteiger partial charge is 0.416 e. The molecular formula is C13H13F3N2Si. The van der Waals surface area contributed by atoms with Crippen molar-refractivity contribution in [2.45, 2.75) is 25.3 Å². The van der Waals surface area contributed by atoms with E-state index in [0.717, 1.165) is 22.5 Å². The normalized spacial score (nSPS) is 16.9. The molecule has 0 bridgehead atoms. The number of alkyl halides is 3. The first kappa shape index (κ1) is 12.5. The summed E-state index contributed by atoms with van der Waals surface area (Å²) in [5, 5.41) is 7.97. The van der Waals surface area contributed by atoms with E-state index in [-0.39, 0.29) is 0 Å². The Hall–Kier alpha value is -1.56. The summed E-state index contributed by atoms with van der Waals surface area (Å²) < 4.78 is 38.5. The first-order chi connectivity index (χ1) is 8.79. The van der Waals surface area contributed by atoms with Crippen LogP contribution in [0.25, 0.3) is 11.1 Å². The molecule has 0 spiro atoms. The summed E-state index contributed by atoms with van der Waals surface area (Å²) in [5.74, 6) is 0. The van der Waals surface area contributed by atoms with Gasteiger partial charge in [-0.25, -0.2) is 0 Å². The second-order valence-corrected chi connectivity index (χ2v) is 10.2. The van der Waals surface area contributed by atoms with E-state index in [1.54, 1.807) is 12.3 Å². The maximum Gasteiger partial charge on any atom is 0.416 e. The molecule has 3 rings (SSSR count). The van der Waals surface area contributed by atoms with Crippen LogP contribution < -0.4 is 5.19 Å². The Morgan fingerprint density at radius 3 is 2.63 bits per heavy atom. The lowest BCUT2D eigenvalue weighted by Crippen LogP contribution is -2.47. The summed E-state index contributed by atoms with van der Waals surface area (Å²) in [6.45, 7) is 4.34. The highest BCUT2D eigenvalue weighted by molar-refractivity contribution is 6.90. The van der Waals surface area contributed by atoms with Crippen molar-refractivity contribution in [3.05, 3.63) is 35.7 Å². The van der Waals surface area contributed by atoms with E-state index in [2.05, 4.69) is 23.3 Å². The van der Waals surface area contributed by atoms with E-state index < -0.39 is 19.8 Å². The van der Waals surface area contributed by atoms with Crippen molar-refractivity contribution in [1.29, 1.82) is 0 Å². The van der Waals surface area contributed by atoms with Gasteiger partial charge in [0.2, 0.25) is 0 Å². The van der Waals surface area contributed by atoms with Crippen LogP contribution in [-0.4, -0.2) is 18.3 Å². The summed E-state index contributed by atoms with van der Waals surface area (Å²) in [4.78, 5) is 0. The molecule has 19 heavy (non-hydrogen) atoms. The Morgan fingerprint density at radius 2 is 1.95 bits per heavy atom. The number of nitrogens with one attached hydrogen (secondary N) is 1. The third kappa shape index (κ3) is 1.90. The molecule has 0 radical (unpaired) electrons. The highest BCUT2D eigenvalue weighted by Crippen LogP contribution is 2.35. The van der Waals surface area contributed by atoms with Crippen molar-refractivity contribution in [1.82, 2.24) is 10.2 Å². The van der Waals surface area contributed by atoms with Crippen LogP contribution in [0.3, 0.4) is 0 Å². The summed E-state index contributed by atoms with van der Waals surface area (Å²) in [7, 11) is -1.75. The second kappa shape index (κ2) is 3.72. The third-order valence-corrected chi connectivity index (χ3v) is 6.83. The summed E-state index contributed by atoms with van der Waals surface area (Å²) in [6.07, 6.45) is -2.68. The first-order valence-electron chi connectivity index (χ1n) is 6.03. The quantitative estimate of drug-likeness (QED) is 0.739. The third-order valence-electron chi connectivity index (χ3n) is 3.70. The minimum absolute atomic E-state index is 0.592. The van der Waals surface area contributed by atoms with Gasteiger partial charge in [-0.3, -0.25) is 5.10 Å². The Kier molecular flexibility index (Phi) is 2.44. The van der Waals surface area contributed by atoms with Gasteiger partial charge < -0.3 is 0 Å². The number of hydrogen-bond acceptors (Lipinski definition) is 1. The second-order valence-electron chi connectivity index (χ2n) is 5.58. The van der Waals surface area contributed by atoms with E-state index >= 15 is 0 Å². The molecular weight excluding hydrogens is 269 g/mol. The average Bonchev–Trinajstić information content (AvgIpc) is 2.74. The predicted octanol–water partition coefficient (Wildman–Crippen LogP) is 3.11. The lowest BCUT2D eigenvalue weighted by atomic mass is 10.0. The summed E-state index contributed by atoms with van der Waals surface area (Å²) >= 11 is 0. The minimum atomic E-state index is -4.30. The first-order valence-corrected chi connectivity index (χ1v) is 9.24. The topological polar surface area (TPSA) is 28.7 Å². The summed E-state index contributed by atoms with van der Waals surface area (Å²) in [6, 6.07) is 5.00. The van der Waals surface area contributed by atoms with Gasteiger partial charge in [0.25, 0.3) is 0 Å². The van der Waals surface area contributed by atoms with E-state index in [4.69, 9.17) is 0 Å². The van der Waals surface area contributed by atoms with E-state index in [1.165, 1.54) is 12.1 Å². The number of hydrogen-bond donors (Lipinski definition) is 1. The van der Waals surface area contributed by atoms with Crippen LogP contribution in [0.2, 0.25) is 13.1 Å². The van der Waals surface area contributed by atoms with E-state index in [1.807, 2.05) is 0 Å². The number of nitrogens with zero attached hydrogens (tertiary/aromatic N) is 1. The maximum absolute atomic E-state index is 12.8. The van der Waals surface area contributed by atoms with Crippen LogP contribution in [0, 0.1) is 0 Å². The van der Waals surface area contributed by atoms with E-state index in [9.17, 15) is 13.2 Å². The van der Waals surface area contributed by atoms with Gasteiger partial charge in [0.05, 0.1) is 19.8 Å². The van der Waals surface area contributed by atoms with Crippen molar-refractivity contribution in [2.75, 3.05) is 0 Å². The Balaban J connectivity index is 2.26. The molecule has 6 heteroatoms. The molecule has 1 aromatic heterocycles. The fraction of sp³-hybridized carbons (Fsp3) is 0.308. The molecule has 2 aromatic rings. The van der Waals surface area contributed by atoms with Crippen LogP contribution in [-0.2, 0) is 12.2 Å². The Morgan fingerprint density at radius 1 is 1.21 bits per heavy atom. The molecule has 2 nitrogen and oxygen atoms in total. The molecule has 100 valence electrons.